The Kier molecular flexibility index (Phi) is 5.30. The smallest absolute Gasteiger partial charge is 0.320 e. The zero-order valence-electron chi connectivity index (χ0n) is 13.7. The molecular weight excluding hydrogens is 310 g/mol. The van der Waals surface area contributed by atoms with Crippen LogP contribution in [-0.4, -0.2) is 63.0 Å². The van der Waals surface area contributed by atoms with Gasteiger partial charge in [-0.25, -0.2) is 8.42 Å². The van der Waals surface area contributed by atoms with Gasteiger partial charge in [0.25, 0.3) is 0 Å². The Hall–Kier alpha value is -0.443. The molecule has 0 aromatic rings. The monoisotopic (exact) mass is 337 g/mol. The molecule has 1 rings (SSSR count). The van der Waals surface area contributed by atoms with E-state index in [1.807, 2.05) is 13.1 Å². The van der Waals surface area contributed by atoms with Gasteiger partial charge in [-0.15, -0.1) is 0 Å². The molecule has 0 amide bonds. The first-order valence-electron chi connectivity index (χ1n) is 7.14. The Morgan fingerprint density at radius 2 is 1.90 bits per heavy atom. The molecule has 1 saturated heterocycles. The van der Waals surface area contributed by atoms with E-state index in [1.165, 1.54) is 0 Å². The van der Waals surface area contributed by atoms with Crippen LogP contribution in [-0.2, 0) is 19.1 Å². The lowest BCUT2D eigenvalue weighted by Gasteiger charge is -2.45. The van der Waals surface area contributed by atoms with Crippen LogP contribution < -0.4 is 0 Å². The molecule has 0 saturated carbocycles. The first-order valence-corrected chi connectivity index (χ1v) is 11.9. The first kappa shape index (κ1) is 18.6. The van der Waals surface area contributed by atoms with Gasteiger partial charge in [-0.3, -0.25) is 9.69 Å². The van der Waals surface area contributed by atoms with E-state index >= 15 is 0 Å². The van der Waals surface area contributed by atoms with E-state index in [9.17, 15) is 18.3 Å². The van der Waals surface area contributed by atoms with Crippen LogP contribution in [0.15, 0.2) is 0 Å². The third-order valence-corrected chi connectivity index (χ3v) is 10.6. The van der Waals surface area contributed by atoms with Crippen LogP contribution in [0.1, 0.15) is 27.7 Å². The maximum Gasteiger partial charge on any atom is 0.320 e. The standard InChI is InChI=1S/C13H27NO5SSi/c1-10(12(15)16)14-7-8-20(17,18)9-11(14)19-21(5,6)13(2,3)4/h10-11H,7-9H2,1-6H3,(H,15,16)/t10?,11-/m0/s1. The number of carbonyl (C=O) groups is 1. The number of carboxylic acid groups (broad SMARTS) is 1. The van der Waals surface area contributed by atoms with Crippen molar-refractivity contribution in [2.24, 2.45) is 0 Å². The van der Waals surface area contributed by atoms with E-state index in [-0.39, 0.29) is 23.1 Å². The van der Waals surface area contributed by atoms with Crippen molar-refractivity contribution in [2.45, 2.75) is 58.1 Å². The zero-order valence-corrected chi connectivity index (χ0v) is 15.5. The number of hydrogen-bond donors (Lipinski definition) is 1. The maximum atomic E-state index is 11.9. The first-order chi connectivity index (χ1) is 9.27. The summed E-state index contributed by atoms with van der Waals surface area (Å²) in [6, 6.07) is -0.754. The fourth-order valence-corrected chi connectivity index (χ4v) is 4.71. The molecule has 1 N–H and O–H groups in total. The SMILES string of the molecule is CC(C(=O)O)N1CCS(=O)(=O)C[C@@H]1O[Si](C)(C)C(C)(C)C. The Morgan fingerprint density at radius 3 is 2.33 bits per heavy atom. The number of nitrogens with zero attached hydrogens (tertiary/aromatic N) is 1. The topological polar surface area (TPSA) is 83.9 Å². The number of carboxylic acids is 1. The summed E-state index contributed by atoms with van der Waals surface area (Å²) in [5.74, 6) is -1.10. The minimum atomic E-state index is -3.18. The van der Waals surface area contributed by atoms with Gasteiger partial charge < -0.3 is 9.53 Å². The number of aliphatic carboxylic acids is 1. The van der Waals surface area contributed by atoms with E-state index in [1.54, 1.807) is 11.8 Å². The lowest BCUT2D eigenvalue weighted by Crippen LogP contribution is -2.59. The number of hydrogen-bond acceptors (Lipinski definition) is 5. The molecule has 2 atom stereocenters. The van der Waals surface area contributed by atoms with Crippen molar-refractivity contribution in [1.82, 2.24) is 4.90 Å². The summed E-state index contributed by atoms with van der Waals surface area (Å²) in [5, 5.41) is 9.14. The maximum absolute atomic E-state index is 11.9. The lowest BCUT2D eigenvalue weighted by atomic mass is 10.2. The Labute approximate surface area is 128 Å². The number of rotatable bonds is 4. The van der Waals surface area contributed by atoms with Crippen LogP contribution in [0.5, 0.6) is 0 Å². The van der Waals surface area contributed by atoms with Crippen LogP contribution in [0.3, 0.4) is 0 Å². The summed E-state index contributed by atoms with van der Waals surface area (Å²) in [6.07, 6.45) is -0.671. The highest BCUT2D eigenvalue weighted by atomic mass is 32.2. The summed E-state index contributed by atoms with van der Waals surface area (Å²) < 4.78 is 30.0. The minimum absolute atomic E-state index is 0.0119. The molecular formula is C13H27NO5SSi. The molecule has 1 unspecified atom stereocenters. The van der Waals surface area contributed by atoms with Crippen molar-refractivity contribution in [1.29, 1.82) is 0 Å². The second-order valence-corrected chi connectivity index (χ2v) is 14.2. The highest BCUT2D eigenvalue weighted by Crippen LogP contribution is 2.38. The Morgan fingerprint density at radius 1 is 1.38 bits per heavy atom. The molecule has 6 nitrogen and oxygen atoms in total. The molecule has 21 heavy (non-hydrogen) atoms. The summed E-state index contributed by atoms with van der Waals surface area (Å²) in [7, 11) is -5.36. The number of sulfone groups is 1. The molecule has 0 aromatic carbocycles. The summed E-state index contributed by atoms with van der Waals surface area (Å²) in [5.41, 5.74) is 0. The molecule has 0 bridgehead atoms. The molecule has 0 spiro atoms. The molecule has 1 heterocycles. The van der Waals surface area contributed by atoms with Crippen LogP contribution in [0.4, 0.5) is 0 Å². The average Bonchev–Trinajstić information content (AvgIpc) is 2.24. The van der Waals surface area contributed by atoms with Crippen molar-refractivity contribution in [3.8, 4) is 0 Å². The van der Waals surface area contributed by atoms with Gasteiger partial charge >= 0.3 is 5.97 Å². The zero-order chi connectivity index (χ0) is 16.6. The van der Waals surface area contributed by atoms with Crippen molar-refractivity contribution in [3.63, 3.8) is 0 Å². The van der Waals surface area contributed by atoms with Gasteiger partial charge in [0.05, 0.1) is 11.5 Å². The van der Waals surface area contributed by atoms with Crippen LogP contribution in [0.25, 0.3) is 0 Å². The average molecular weight is 338 g/mol. The third-order valence-electron chi connectivity index (χ3n) is 4.52. The van der Waals surface area contributed by atoms with Gasteiger partial charge in [0, 0.05) is 6.54 Å². The van der Waals surface area contributed by atoms with E-state index in [2.05, 4.69) is 20.8 Å². The quantitative estimate of drug-likeness (QED) is 0.783. The second kappa shape index (κ2) is 5.98. The van der Waals surface area contributed by atoms with Gasteiger partial charge in [-0.2, -0.15) is 0 Å². The molecule has 1 aliphatic heterocycles. The van der Waals surface area contributed by atoms with Crippen molar-refractivity contribution in [2.75, 3.05) is 18.1 Å². The molecule has 0 aromatic heterocycles. The lowest BCUT2D eigenvalue weighted by molar-refractivity contribution is -0.146. The van der Waals surface area contributed by atoms with E-state index < -0.39 is 36.4 Å². The second-order valence-electron chi connectivity index (χ2n) is 7.20. The normalized spacial score (nSPS) is 25.5. The van der Waals surface area contributed by atoms with Crippen molar-refractivity contribution < 1.29 is 22.7 Å². The third kappa shape index (κ3) is 4.51. The van der Waals surface area contributed by atoms with E-state index in [0.29, 0.717) is 0 Å². The fourth-order valence-electron chi connectivity index (χ4n) is 1.99. The highest BCUT2D eigenvalue weighted by molar-refractivity contribution is 7.91. The van der Waals surface area contributed by atoms with Gasteiger partial charge in [0.15, 0.2) is 18.2 Å². The van der Waals surface area contributed by atoms with Gasteiger partial charge in [-0.1, -0.05) is 20.8 Å². The molecule has 0 radical (unpaired) electrons. The molecule has 0 aliphatic carbocycles. The summed E-state index contributed by atoms with van der Waals surface area (Å²) >= 11 is 0. The highest BCUT2D eigenvalue weighted by Gasteiger charge is 2.44. The summed E-state index contributed by atoms with van der Waals surface area (Å²) in [6.45, 7) is 12.1. The Bertz CT molecular complexity index is 497. The largest absolute Gasteiger partial charge is 0.480 e. The predicted octanol–water partition coefficient (Wildman–Crippen LogP) is 1.54. The van der Waals surface area contributed by atoms with Gasteiger partial charge in [0.2, 0.25) is 0 Å². The van der Waals surface area contributed by atoms with E-state index in [0.717, 1.165) is 0 Å². The Balaban J connectivity index is 3.03. The van der Waals surface area contributed by atoms with Crippen LogP contribution >= 0.6 is 0 Å². The van der Waals surface area contributed by atoms with Crippen LogP contribution in [0, 0.1) is 0 Å². The van der Waals surface area contributed by atoms with Crippen LogP contribution in [0.2, 0.25) is 18.1 Å². The predicted molar refractivity (Wildman–Crippen MR) is 84.5 cm³/mol. The fraction of sp³-hybridized carbons (Fsp3) is 0.923. The molecule has 124 valence electrons. The van der Waals surface area contributed by atoms with Gasteiger partial charge in [-0.05, 0) is 25.1 Å². The minimum Gasteiger partial charge on any atom is -0.480 e. The van der Waals surface area contributed by atoms with Crippen molar-refractivity contribution >= 4 is 24.1 Å². The van der Waals surface area contributed by atoms with Gasteiger partial charge in [0.1, 0.15) is 12.3 Å². The molecule has 1 fully saturated rings. The summed E-state index contributed by atoms with van der Waals surface area (Å²) in [4.78, 5) is 12.9. The van der Waals surface area contributed by atoms with E-state index in [4.69, 9.17) is 4.43 Å². The molecule has 8 heteroatoms. The van der Waals surface area contributed by atoms with Crippen molar-refractivity contribution in [3.05, 3.63) is 0 Å². The molecule has 1 aliphatic rings.